The smallest absolute Gasteiger partial charge is 0.267 e. The fourth-order valence-electron chi connectivity index (χ4n) is 3.62. The van der Waals surface area contributed by atoms with Gasteiger partial charge < -0.3 is 5.32 Å². The third-order valence-electron chi connectivity index (χ3n) is 5.00. The van der Waals surface area contributed by atoms with Crippen LogP contribution in [0.3, 0.4) is 0 Å². The van der Waals surface area contributed by atoms with Crippen LogP contribution in [0.4, 0.5) is 11.4 Å². The molecule has 1 saturated heterocycles. The van der Waals surface area contributed by atoms with Crippen LogP contribution in [0.1, 0.15) is 19.4 Å². The number of carbonyl (C=O) groups is 3. The Morgan fingerprint density at radius 1 is 1.06 bits per heavy atom. The topological polar surface area (TPSA) is 69.7 Å². The molecule has 1 N–H and O–H groups in total. The number of hydrogen-bond acceptors (Lipinski definition) is 5. The molecule has 1 fully saturated rings. The molecule has 0 aliphatic carbocycles. The van der Waals surface area contributed by atoms with Gasteiger partial charge in [-0.15, -0.1) is 0 Å². The number of nitrogens with one attached hydrogen (secondary N) is 1. The lowest BCUT2D eigenvalue weighted by Crippen LogP contribution is -2.36. The molecule has 0 bridgehead atoms. The summed E-state index contributed by atoms with van der Waals surface area (Å²) in [6.45, 7) is 4.28. The maximum atomic E-state index is 13.4. The minimum atomic E-state index is -0.398. The summed E-state index contributed by atoms with van der Waals surface area (Å²) in [6, 6.07) is 14.0. The van der Waals surface area contributed by atoms with Crippen LogP contribution < -0.4 is 10.2 Å². The van der Waals surface area contributed by atoms with Gasteiger partial charge in [-0.3, -0.25) is 24.2 Å². The number of amides is 3. The Kier molecular flexibility index (Phi) is 6.37. The fourth-order valence-corrected chi connectivity index (χ4v) is 5.15. The van der Waals surface area contributed by atoms with Gasteiger partial charge in [0.15, 0.2) is 0 Å². The molecule has 9 heteroatoms. The van der Waals surface area contributed by atoms with E-state index in [2.05, 4.69) is 5.32 Å². The Balaban J connectivity index is 1.65. The highest BCUT2D eigenvalue weighted by Gasteiger charge is 2.42. The molecule has 0 atom stereocenters. The third-order valence-corrected chi connectivity index (χ3v) is 6.77. The SMILES string of the molecule is CC(C)CN1C(=O)C(=C2C(=O)N(CC(=O)Nc3ccccc3Cl)c3ccccc32)SC1=S. The molecule has 0 radical (unpaired) electrons. The normalized spacial score (nSPS) is 18.1. The number of thioether (sulfide) groups is 1. The van der Waals surface area contributed by atoms with E-state index in [1.165, 1.54) is 9.80 Å². The second-order valence-electron chi connectivity index (χ2n) is 7.82. The van der Waals surface area contributed by atoms with E-state index < -0.39 is 11.8 Å². The fraction of sp³-hybridized carbons (Fsp3) is 0.217. The molecule has 4 rings (SSSR count). The second kappa shape index (κ2) is 9.05. The molecule has 6 nitrogen and oxygen atoms in total. The van der Waals surface area contributed by atoms with Gasteiger partial charge in [-0.05, 0) is 24.1 Å². The van der Waals surface area contributed by atoms with Gasteiger partial charge >= 0.3 is 0 Å². The summed E-state index contributed by atoms with van der Waals surface area (Å²) in [5.74, 6) is -0.826. The quantitative estimate of drug-likeness (QED) is 0.497. The van der Waals surface area contributed by atoms with Crippen LogP contribution in [0, 0.1) is 5.92 Å². The average molecular weight is 486 g/mol. The molecule has 2 aliphatic heterocycles. The van der Waals surface area contributed by atoms with Crippen molar-refractivity contribution >= 4 is 74.6 Å². The minimum Gasteiger partial charge on any atom is -0.323 e. The van der Waals surface area contributed by atoms with Crippen LogP contribution in [0.5, 0.6) is 0 Å². The Bertz CT molecular complexity index is 1180. The molecular formula is C23H20ClN3O3S2. The first-order chi connectivity index (χ1) is 15.3. The zero-order valence-corrected chi connectivity index (χ0v) is 19.8. The molecule has 0 unspecified atom stereocenters. The number of rotatable bonds is 5. The van der Waals surface area contributed by atoms with Crippen LogP contribution in [0.25, 0.3) is 5.57 Å². The van der Waals surface area contributed by atoms with E-state index in [-0.39, 0.29) is 23.9 Å². The van der Waals surface area contributed by atoms with E-state index in [0.717, 1.165) is 11.8 Å². The van der Waals surface area contributed by atoms with Gasteiger partial charge in [-0.25, -0.2) is 0 Å². The van der Waals surface area contributed by atoms with E-state index in [4.69, 9.17) is 23.8 Å². The number of carbonyl (C=O) groups excluding carboxylic acids is 3. The minimum absolute atomic E-state index is 0.211. The van der Waals surface area contributed by atoms with Gasteiger partial charge in [0.05, 0.1) is 26.9 Å². The van der Waals surface area contributed by atoms with Crippen molar-refractivity contribution in [2.75, 3.05) is 23.3 Å². The van der Waals surface area contributed by atoms with Crippen LogP contribution >= 0.6 is 35.6 Å². The van der Waals surface area contributed by atoms with E-state index in [0.29, 0.717) is 37.7 Å². The molecule has 164 valence electrons. The van der Waals surface area contributed by atoms with Crippen molar-refractivity contribution < 1.29 is 14.4 Å². The lowest BCUT2D eigenvalue weighted by molar-refractivity contribution is -0.122. The molecular weight excluding hydrogens is 466 g/mol. The zero-order valence-electron chi connectivity index (χ0n) is 17.4. The molecule has 3 amide bonds. The van der Waals surface area contributed by atoms with Gasteiger partial charge in [-0.1, -0.05) is 79.8 Å². The Morgan fingerprint density at radius 2 is 1.75 bits per heavy atom. The lowest BCUT2D eigenvalue weighted by Gasteiger charge is -2.17. The predicted octanol–water partition coefficient (Wildman–Crippen LogP) is 4.55. The van der Waals surface area contributed by atoms with Gasteiger partial charge in [0.25, 0.3) is 11.8 Å². The number of benzene rings is 2. The number of fused-ring (bicyclic) bond motifs is 1. The van der Waals surface area contributed by atoms with E-state index in [1.54, 1.807) is 48.5 Å². The molecule has 2 aromatic rings. The van der Waals surface area contributed by atoms with E-state index >= 15 is 0 Å². The summed E-state index contributed by atoms with van der Waals surface area (Å²) in [5.41, 5.74) is 1.95. The van der Waals surface area contributed by atoms with Crippen LogP contribution in [-0.2, 0) is 14.4 Å². The van der Waals surface area contributed by atoms with Crippen molar-refractivity contribution in [3.8, 4) is 0 Å². The van der Waals surface area contributed by atoms with Crippen molar-refractivity contribution in [1.29, 1.82) is 0 Å². The van der Waals surface area contributed by atoms with Crippen LogP contribution in [0.2, 0.25) is 5.02 Å². The summed E-state index contributed by atoms with van der Waals surface area (Å²) in [4.78, 5) is 42.5. The first-order valence-electron chi connectivity index (χ1n) is 10.0. The molecule has 2 aliphatic rings. The molecule has 32 heavy (non-hydrogen) atoms. The average Bonchev–Trinajstić information content (AvgIpc) is 3.17. The highest BCUT2D eigenvalue weighted by Crippen LogP contribution is 2.44. The summed E-state index contributed by atoms with van der Waals surface area (Å²) in [7, 11) is 0. The molecule has 0 aromatic heterocycles. The standard InChI is InChI=1S/C23H20ClN3O3S2/c1-13(2)11-27-22(30)20(32-23(27)31)19-14-7-3-6-10-17(14)26(21(19)29)12-18(28)25-16-9-5-4-8-15(16)24/h3-10,13H,11-12H2,1-2H3,(H,25,28). The van der Waals surface area contributed by atoms with Crippen molar-refractivity contribution in [2.45, 2.75) is 13.8 Å². The number of nitrogens with zero attached hydrogens (tertiary/aromatic N) is 2. The van der Waals surface area contributed by atoms with Crippen molar-refractivity contribution in [3.63, 3.8) is 0 Å². The van der Waals surface area contributed by atoms with Gasteiger partial charge in [0, 0.05) is 12.1 Å². The summed E-state index contributed by atoms with van der Waals surface area (Å²) in [5, 5.41) is 3.14. The maximum absolute atomic E-state index is 13.4. The predicted molar refractivity (Wildman–Crippen MR) is 133 cm³/mol. The maximum Gasteiger partial charge on any atom is 0.267 e. The van der Waals surface area contributed by atoms with Gasteiger partial charge in [0.1, 0.15) is 10.9 Å². The summed E-state index contributed by atoms with van der Waals surface area (Å²) < 4.78 is 0.436. The first kappa shape index (κ1) is 22.5. The number of hydrogen-bond donors (Lipinski definition) is 1. The van der Waals surface area contributed by atoms with Crippen LogP contribution in [0.15, 0.2) is 53.4 Å². The monoisotopic (exact) mass is 485 g/mol. The lowest BCUT2D eigenvalue weighted by atomic mass is 10.1. The third kappa shape index (κ3) is 4.18. The summed E-state index contributed by atoms with van der Waals surface area (Å²) >= 11 is 12.7. The van der Waals surface area contributed by atoms with Crippen molar-refractivity contribution in [2.24, 2.45) is 5.92 Å². The molecule has 0 saturated carbocycles. The molecule has 0 spiro atoms. The number of thiocarbonyl (C=S) groups is 1. The zero-order chi connectivity index (χ0) is 23.0. The molecule has 2 heterocycles. The molecule has 2 aromatic carbocycles. The van der Waals surface area contributed by atoms with Gasteiger partial charge in [-0.2, -0.15) is 0 Å². The second-order valence-corrected chi connectivity index (χ2v) is 9.87. The Hall–Kier alpha value is -2.68. The highest BCUT2D eigenvalue weighted by atomic mass is 35.5. The Morgan fingerprint density at radius 3 is 2.47 bits per heavy atom. The number of halogens is 1. The highest BCUT2D eigenvalue weighted by molar-refractivity contribution is 8.26. The van der Waals surface area contributed by atoms with E-state index in [1.807, 2.05) is 13.8 Å². The number of anilines is 2. The van der Waals surface area contributed by atoms with Crippen LogP contribution in [-0.4, -0.2) is 40.0 Å². The van der Waals surface area contributed by atoms with Gasteiger partial charge in [0.2, 0.25) is 5.91 Å². The Labute approximate surface area is 200 Å². The summed E-state index contributed by atoms with van der Waals surface area (Å²) in [6.07, 6.45) is 0. The number of para-hydroxylation sites is 2. The largest absolute Gasteiger partial charge is 0.323 e. The van der Waals surface area contributed by atoms with Crippen molar-refractivity contribution in [3.05, 3.63) is 64.0 Å². The first-order valence-corrected chi connectivity index (χ1v) is 11.6. The van der Waals surface area contributed by atoms with Crippen molar-refractivity contribution in [1.82, 2.24) is 4.90 Å². The van der Waals surface area contributed by atoms with E-state index in [9.17, 15) is 14.4 Å².